The maximum absolute atomic E-state index is 4.39. The molecule has 2 fully saturated rings. The molecule has 0 spiro atoms. The second-order valence-electron chi connectivity index (χ2n) is 4.42. The molecule has 1 N–H and O–H groups in total. The summed E-state index contributed by atoms with van der Waals surface area (Å²) in [4.78, 5) is 6.81. The van der Waals surface area contributed by atoms with Crippen LogP contribution in [0, 0.1) is 11.8 Å². The summed E-state index contributed by atoms with van der Waals surface area (Å²) in [5.74, 6) is 2.80. The number of nitrogens with zero attached hydrogens (tertiary/aromatic N) is 3. The van der Waals surface area contributed by atoms with Crippen LogP contribution in [0.5, 0.6) is 0 Å². The van der Waals surface area contributed by atoms with Crippen LogP contribution in [-0.2, 0) is 7.05 Å². The van der Waals surface area contributed by atoms with Crippen molar-refractivity contribution in [2.75, 3.05) is 31.1 Å². The number of fused-ring (bicyclic) bond motifs is 1. The lowest BCUT2D eigenvalue weighted by Gasteiger charge is -2.18. The molecule has 2 saturated heterocycles. The van der Waals surface area contributed by atoms with E-state index >= 15 is 0 Å². The molecule has 3 heterocycles. The fraction of sp³-hybridized carbons (Fsp3) is 0.700. The van der Waals surface area contributed by atoms with Crippen LogP contribution in [0.4, 0.5) is 5.95 Å². The third-order valence-corrected chi connectivity index (χ3v) is 3.47. The first-order valence-corrected chi connectivity index (χ1v) is 5.27. The molecule has 0 saturated carbocycles. The van der Waals surface area contributed by atoms with E-state index in [9.17, 15) is 0 Å². The smallest absolute Gasteiger partial charge is 0.205 e. The summed E-state index contributed by atoms with van der Waals surface area (Å²) in [7, 11) is 2.06. The van der Waals surface area contributed by atoms with Gasteiger partial charge in [0.15, 0.2) is 0 Å². The molecule has 1 aromatic rings. The first-order chi connectivity index (χ1) is 6.84. The minimum atomic E-state index is 0.840. The minimum absolute atomic E-state index is 0.840. The van der Waals surface area contributed by atoms with Gasteiger partial charge >= 0.3 is 0 Å². The predicted octanol–water partition coefficient (Wildman–Crippen LogP) is 0.0757. The number of aromatic nitrogens is 2. The molecular formula is C10H16N4. The van der Waals surface area contributed by atoms with Crippen LogP contribution in [-0.4, -0.2) is 35.7 Å². The zero-order chi connectivity index (χ0) is 9.54. The Morgan fingerprint density at radius 2 is 2.07 bits per heavy atom. The van der Waals surface area contributed by atoms with Gasteiger partial charge in [0.05, 0.1) is 0 Å². The fourth-order valence-corrected chi connectivity index (χ4v) is 2.68. The van der Waals surface area contributed by atoms with Gasteiger partial charge in [0.25, 0.3) is 0 Å². The molecule has 14 heavy (non-hydrogen) atoms. The summed E-state index contributed by atoms with van der Waals surface area (Å²) < 4.78 is 2.11. The maximum atomic E-state index is 4.39. The molecule has 2 unspecified atom stereocenters. The van der Waals surface area contributed by atoms with Crippen molar-refractivity contribution >= 4 is 5.95 Å². The lowest BCUT2D eigenvalue weighted by atomic mass is 10.0. The van der Waals surface area contributed by atoms with Crippen molar-refractivity contribution in [1.82, 2.24) is 14.9 Å². The summed E-state index contributed by atoms with van der Waals surface area (Å²) in [5.41, 5.74) is 0. The summed E-state index contributed by atoms with van der Waals surface area (Å²) in [6.45, 7) is 4.71. The lowest BCUT2D eigenvalue weighted by Crippen LogP contribution is -2.27. The van der Waals surface area contributed by atoms with E-state index in [1.807, 2.05) is 12.4 Å². The topological polar surface area (TPSA) is 33.1 Å². The normalized spacial score (nSPS) is 31.1. The van der Waals surface area contributed by atoms with Crippen molar-refractivity contribution in [3.05, 3.63) is 12.4 Å². The van der Waals surface area contributed by atoms with E-state index in [0.29, 0.717) is 0 Å². The third kappa shape index (κ3) is 1.14. The van der Waals surface area contributed by atoms with Gasteiger partial charge in [-0.3, -0.25) is 0 Å². The molecule has 0 bridgehead atoms. The number of anilines is 1. The van der Waals surface area contributed by atoms with Gasteiger partial charge in [-0.05, 0) is 11.8 Å². The van der Waals surface area contributed by atoms with Crippen molar-refractivity contribution in [3.63, 3.8) is 0 Å². The van der Waals surface area contributed by atoms with E-state index in [-0.39, 0.29) is 0 Å². The first kappa shape index (κ1) is 8.29. The molecule has 3 rings (SSSR count). The Kier molecular flexibility index (Phi) is 1.77. The highest BCUT2D eigenvalue weighted by Crippen LogP contribution is 2.29. The molecule has 4 heteroatoms. The second-order valence-corrected chi connectivity index (χ2v) is 4.42. The average molecular weight is 192 g/mol. The van der Waals surface area contributed by atoms with Crippen LogP contribution < -0.4 is 10.2 Å². The number of hydrogen-bond donors (Lipinski definition) is 1. The van der Waals surface area contributed by atoms with E-state index in [4.69, 9.17) is 0 Å². The molecule has 0 aliphatic carbocycles. The summed E-state index contributed by atoms with van der Waals surface area (Å²) >= 11 is 0. The van der Waals surface area contributed by atoms with Crippen LogP contribution in [0.3, 0.4) is 0 Å². The first-order valence-electron chi connectivity index (χ1n) is 5.27. The standard InChI is InChI=1S/C10H16N4/c1-13-3-2-12-10(13)14-6-8-4-11-5-9(8)7-14/h2-3,8-9,11H,4-7H2,1H3. The summed E-state index contributed by atoms with van der Waals surface area (Å²) in [5, 5.41) is 3.45. The van der Waals surface area contributed by atoms with Gasteiger partial charge in [-0.25, -0.2) is 4.98 Å². The molecular weight excluding hydrogens is 176 g/mol. The Hall–Kier alpha value is -1.03. The van der Waals surface area contributed by atoms with Crippen molar-refractivity contribution in [2.24, 2.45) is 18.9 Å². The SMILES string of the molecule is Cn1ccnc1N1CC2CNCC2C1. The van der Waals surface area contributed by atoms with Gasteiger partial charge in [0.1, 0.15) is 0 Å². The van der Waals surface area contributed by atoms with Gasteiger partial charge in [0, 0.05) is 45.6 Å². The Morgan fingerprint density at radius 1 is 1.36 bits per heavy atom. The van der Waals surface area contributed by atoms with Crippen molar-refractivity contribution in [1.29, 1.82) is 0 Å². The minimum Gasteiger partial charge on any atom is -0.342 e. The Balaban J connectivity index is 1.80. The van der Waals surface area contributed by atoms with Crippen molar-refractivity contribution in [2.45, 2.75) is 0 Å². The van der Waals surface area contributed by atoms with Crippen LogP contribution in [0.1, 0.15) is 0 Å². The molecule has 0 radical (unpaired) electrons. The lowest BCUT2D eigenvalue weighted by molar-refractivity contribution is 0.533. The molecule has 0 aromatic carbocycles. The van der Waals surface area contributed by atoms with Gasteiger partial charge in [0.2, 0.25) is 5.95 Å². The average Bonchev–Trinajstić information content (AvgIpc) is 2.75. The van der Waals surface area contributed by atoms with Crippen LogP contribution >= 0.6 is 0 Å². The molecule has 1 aromatic heterocycles. The molecule has 0 amide bonds. The van der Waals surface area contributed by atoms with Gasteiger partial charge in [-0.1, -0.05) is 0 Å². The quantitative estimate of drug-likeness (QED) is 0.684. The molecule has 2 aliphatic heterocycles. The largest absolute Gasteiger partial charge is 0.342 e. The Bertz CT molecular complexity index is 321. The zero-order valence-electron chi connectivity index (χ0n) is 8.48. The summed E-state index contributed by atoms with van der Waals surface area (Å²) in [6.07, 6.45) is 3.89. The predicted molar refractivity (Wildman–Crippen MR) is 55.3 cm³/mol. The summed E-state index contributed by atoms with van der Waals surface area (Å²) in [6, 6.07) is 0. The number of hydrogen-bond acceptors (Lipinski definition) is 3. The second kappa shape index (κ2) is 2.98. The van der Waals surface area contributed by atoms with Crippen LogP contribution in [0.25, 0.3) is 0 Å². The van der Waals surface area contributed by atoms with E-state index in [2.05, 4.69) is 26.8 Å². The van der Waals surface area contributed by atoms with Gasteiger partial charge < -0.3 is 14.8 Å². The fourth-order valence-electron chi connectivity index (χ4n) is 2.68. The molecule has 2 aliphatic rings. The van der Waals surface area contributed by atoms with Gasteiger partial charge in [-0.15, -0.1) is 0 Å². The van der Waals surface area contributed by atoms with Crippen LogP contribution in [0.2, 0.25) is 0 Å². The van der Waals surface area contributed by atoms with E-state index in [1.54, 1.807) is 0 Å². The van der Waals surface area contributed by atoms with E-state index < -0.39 is 0 Å². The van der Waals surface area contributed by atoms with Gasteiger partial charge in [-0.2, -0.15) is 0 Å². The Labute approximate surface area is 83.9 Å². The maximum Gasteiger partial charge on any atom is 0.205 e. The highest BCUT2D eigenvalue weighted by molar-refractivity contribution is 5.33. The highest BCUT2D eigenvalue weighted by atomic mass is 15.3. The monoisotopic (exact) mass is 192 g/mol. The highest BCUT2D eigenvalue weighted by Gasteiger charge is 2.37. The molecule has 4 nitrogen and oxygen atoms in total. The van der Waals surface area contributed by atoms with Crippen molar-refractivity contribution < 1.29 is 0 Å². The zero-order valence-corrected chi connectivity index (χ0v) is 8.48. The number of rotatable bonds is 1. The number of aryl methyl sites for hydroxylation is 1. The number of nitrogens with one attached hydrogen (secondary N) is 1. The van der Waals surface area contributed by atoms with Crippen molar-refractivity contribution in [3.8, 4) is 0 Å². The van der Waals surface area contributed by atoms with Crippen LogP contribution in [0.15, 0.2) is 12.4 Å². The Morgan fingerprint density at radius 3 is 2.64 bits per heavy atom. The molecule has 76 valence electrons. The van der Waals surface area contributed by atoms with E-state index in [1.165, 1.54) is 26.2 Å². The molecule has 2 atom stereocenters. The third-order valence-electron chi connectivity index (χ3n) is 3.47. The van der Waals surface area contributed by atoms with E-state index in [0.717, 1.165) is 17.8 Å². The number of imidazole rings is 1.